The highest BCUT2D eigenvalue weighted by Crippen LogP contribution is 2.64. The number of amides is 1. The van der Waals surface area contributed by atoms with Gasteiger partial charge in [0, 0.05) is 4.88 Å². The summed E-state index contributed by atoms with van der Waals surface area (Å²) in [5, 5.41) is 3.27. The van der Waals surface area contributed by atoms with E-state index in [1.165, 1.54) is 11.3 Å². The molecule has 1 aromatic rings. The smallest absolute Gasteiger partial charge is 0.341 e. The van der Waals surface area contributed by atoms with Gasteiger partial charge in [-0.25, -0.2) is 4.79 Å². The molecule has 1 amide bonds. The summed E-state index contributed by atoms with van der Waals surface area (Å²) in [6.45, 7) is 5.72. The Labute approximate surface area is 137 Å². The van der Waals surface area contributed by atoms with Crippen LogP contribution in [0.3, 0.4) is 0 Å². The predicted molar refractivity (Wildman–Crippen MR) is 85.4 cm³/mol. The predicted octanol–water partition coefficient (Wildman–Crippen LogP) is 4.01. The van der Waals surface area contributed by atoms with Gasteiger partial charge in [0.2, 0.25) is 5.91 Å². The maximum absolute atomic E-state index is 12.3. The highest BCUT2D eigenvalue weighted by Gasteiger charge is 2.68. The van der Waals surface area contributed by atoms with Crippen LogP contribution in [0.4, 0.5) is 5.00 Å². The number of alkyl halides is 2. The first-order valence-corrected chi connectivity index (χ1v) is 8.31. The Hall–Kier alpha value is -0.780. The molecule has 0 spiro atoms. The quantitative estimate of drug-likeness (QED) is 0.645. The van der Waals surface area contributed by atoms with Crippen LogP contribution in [0.1, 0.15) is 42.4 Å². The lowest BCUT2D eigenvalue weighted by Gasteiger charge is -2.12. The molecule has 1 atom stereocenters. The van der Waals surface area contributed by atoms with Crippen molar-refractivity contribution in [3.8, 4) is 0 Å². The minimum atomic E-state index is -1.04. The van der Waals surface area contributed by atoms with Crippen molar-refractivity contribution < 1.29 is 14.3 Å². The van der Waals surface area contributed by atoms with Gasteiger partial charge >= 0.3 is 5.97 Å². The molecule has 116 valence electrons. The van der Waals surface area contributed by atoms with Gasteiger partial charge in [-0.3, -0.25) is 4.79 Å². The summed E-state index contributed by atoms with van der Waals surface area (Å²) in [5.74, 6) is -0.713. The van der Waals surface area contributed by atoms with E-state index in [1.54, 1.807) is 19.9 Å². The van der Waals surface area contributed by atoms with Crippen LogP contribution >= 0.6 is 34.5 Å². The number of rotatable bonds is 5. The third kappa shape index (κ3) is 3.05. The van der Waals surface area contributed by atoms with Crippen LogP contribution in [-0.2, 0) is 16.0 Å². The standard InChI is InChI=1S/C14H17Cl2NO3S/c1-4-8-6-9(11(18)20-5-2)10(21-8)17-12(19)13(3)7-14(13,15)16/h6H,4-5,7H2,1-3H3,(H,17,19). The van der Waals surface area contributed by atoms with Crippen LogP contribution in [-0.4, -0.2) is 22.8 Å². The number of halogens is 2. The van der Waals surface area contributed by atoms with Gasteiger partial charge in [-0.2, -0.15) is 0 Å². The first kappa shape index (κ1) is 16.6. The van der Waals surface area contributed by atoms with Crippen molar-refractivity contribution in [2.24, 2.45) is 5.41 Å². The molecule has 7 heteroatoms. The molecular weight excluding hydrogens is 333 g/mol. The van der Waals surface area contributed by atoms with E-state index in [9.17, 15) is 9.59 Å². The largest absolute Gasteiger partial charge is 0.462 e. The lowest BCUT2D eigenvalue weighted by atomic mass is 10.1. The highest BCUT2D eigenvalue weighted by atomic mass is 35.5. The first-order valence-electron chi connectivity index (χ1n) is 6.74. The number of esters is 1. The van der Waals surface area contributed by atoms with Gasteiger partial charge < -0.3 is 10.1 Å². The Bertz CT molecular complexity index is 585. The van der Waals surface area contributed by atoms with Crippen LogP contribution in [0.25, 0.3) is 0 Å². The molecule has 1 saturated carbocycles. The minimum absolute atomic E-state index is 0.275. The lowest BCUT2D eigenvalue weighted by Crippen LogP contribution is -2.26. The molecule has 1 unspecified atom stereocenters. The number of anilines is 1. The minimum Gasteiger partial charge on any atom is -0.462 e. The number of thiophene rings is 1. The zero-order valence-corrected chi connectivity index (χ0v) is 14.4. The van der Waals surface area contributed by atoms with Gasteiger partial charge in [0.25, 0.3) is 0 Å². The van der Waals surface area contributed by atoms with Crippen LogP contribution in [0.5, 0.6) is 0 Å². The van der Waals surface area contributed by atoms with Crippen molar-refractivity contribution in [3.05, 3.63) is 16.5 Å². The number of hydrogen-bond donors (Lipinski definition) is 1. The maximum Gasteiger partial charge on any atom is 0.341 e. The molecule has 4 nitrogen and oxygen atoms in total. The van der Waals surface area contributed by atoms with Crippen molar-refractivity contribution in [3.63, 3.8) is 0 Å². The van der Waals surface area contributed by atoms with E-state index >= 15 is 0 Å². The Kier molecular flexibility index (Phi) is 4.57. The molecular formula is C14H17Cl2NO3S. The highest BCUT2D eigenvalue weighted by molar-refractivity contribution is 7.16. The maximum atomic E-state index is 12.3. The normalized spacial score (nSPS) is 22.7. The number of nitrogens with one attached hydrogen (secondary N) is 1. The fraction of sp³-hybridized carbons (Fsp3) is 0.571. The van der Waals surface area contributed by atoms with Crippen LogP contribution in [0, 0.1) is 5.41 Å². The van der Waals surface area contributed by atoms with E-state index in [4.69, 9.17) is 27.9 Å². The monoisotopic (exact) mass is 349 g/mol. The topological polar surface area (TPSA) is 55.4 Å². The van der Waals surface area contributed by atoms with Gasteiger partial charge in [-0.1, -0.05) is 6.92 Å². The number of aryl methyl sites for hydroxylation is 1. The molecule has 0 aromatic carbocycles. The summed E-state index contributed by atoms with van der Waals surface area (Å²) in [4.78, 5) is 25.3. The second-order valence-electron chi connectivity index (χ2n) is 5.20. The Morgan fingerprint density at radius 1 is 1.43 bits per heavy atom. The Balaban J connectivity index is 2.21. The molecule has 1 heterocycles. The molecule has 1 aromatic heterocycles. The summed E-state index contributed by atoms with van der Waals surface area (Å²) in [6.07, 6.45) is 1.18. The SMILES string of the molecule is CCOC(=O)c1cc(CC)sc1NC(=O)C1(C)CC1(Cl)Cl. The lowest BCUT2D eigenvalue weighted by molar-refractivity contribution is -0.120. The average molecular weight is 350 g/mol. The van der Waals surface area contributed by atoms with Gasteiger partial charge in [0.05, 0.1) is 17.6 Å². The molecule has 2 rings (SSSR count). The van der Waals surface area contributed by atoms with Gasteiger partial charge in [-0.05, 0) is 32.8 Å². The van der Waals surface area contributed by atoms with Gasteiger partial charge in [0.15, 0.2) is 0 Å². The number of ether oxygens (including phenoxy) is 1. The van der Waals surface area contributed by atoms with E-state index in [-0.39, 0.29) is 12.5 Å². The second-order valence-corrected chi connectivity index (χ2v) is 7.82. The van der Waals surface area contributed by atoms with Crippen molar-refractivity contribution >= 4 is 51.4 Å². The van der Waals surface area contributed by atoms with Crippen molar-refractivity contribution in [2.45, 2.75) is 37.9 Å². The molecule has 0 radical (unpaired) electrons. The summed E-state index contributed by atoms with van der Waals surface area (Å²) >= 11 is 13.4. The molecule has 1 aliphatic carbocycles. The molecule has 1 fully saturated rings. The number of carbonyl (C=O) groups excluding carboxylic acids is 2. The van der Waals surface area contributed by atoms with Gasteiger partial charge in [-0.15, -0.1) is 34.5 Å². The zero-order valence-electron chi connectivity index (χ0n) is 12.1. The fourth-order valence-corrected chi connectivity index (χ4v) is 3.64. The molecule has 1 N–H and O–H groups in total. The Morgan fingerprint density at radius 2 is 2.05 bits per heavy atom. The van der Waals surface area contributed by atoms with E-state index in [1.807, 2.05) is 6.92 Å². The Morgan fingerprint density at radius 3 is 2.52 bits per heavy atom. The van der Waals surface area contributed by atoms with E-state index in [2.05, 4.69) is 5.32 Å². The summed E-state index contributed by atoms with van der Waals surface area (Å²) < 4.78 is 3.98. The van der Waals surface area contributed by atoms with Crippen molar-refractivity contribution in [1.29, 1.82) is 0 Å². The van der Waals surface area contributed by atoms with Crippen molar-refractivity contribution in [2.75, 3.05) is 11.9 Å². The second kappa shape index (κ2) is 5.78. The molecule has 21 heavy (non-hydrogen) atoms. The summed E-state index contributed by atoms with van der Waals surface area (Å²) in [7, 11) is 0. The molecule has 0 aliphatic heterocycles. The van der Waals surface area contributed by atoms with E-state index in [0.29, 0.717) is 17.0 Å². The zero-order chi connectivity index (χ0) is 15.8. The first-order chi connectivity index (χ1) is 9.75. The van der Waals surface area contributed by atoms with E-state index < -0.39 is 15.7 Å². The number of hydrogen-bond acceptors (Lipinski definition) is 4. The van der Waals surface area contributed by atoms with E-state index in [0.717, 1.165) is 11.3 Å². The van der Waals surface area contributed by atoms with Crippen molar-refractivity contribution in [1.82, 2.24) is 0 Å². The molecule has 0 bridgehead atoms. The summed E-state index contributed by atoms with van der Waals surface area (Å²) in [5.41, 5.74) is -0.440. The third-order valence-electron chi connectivity index (χ3n) is 3.61. The molecule has 1 aliphatic rings. The molecule has 0 saturated heterocycles. The third-order valence-corrected chi connectivity index (χ3v) is 5.91. The average Bonchev–Trinajstić information content (AvgIpc) is 2.77. The van der Waals surface area contributed by atoms with Gasteiger partial charge in [0.1, 0.15) is 9.33 Å². The number of carbonyl (C=O) groups is 2. The fourth-order valence-electron chi connectivity index (χ4n) is 1.96. The van der Waals surface area contributed by atoms with Crippen LogP contribution in [0.2, 0.25) is 0 Å². The van der Waals surface area contributed by atoms with Crippen LogP contribution < -0.4 is 5.32 Å². The summed E-state index contributed by atoms with van der Waals surface area (Å²) in [6, 6.07) is 1.75. The van der Waals surface area contributed by atoms with Crippen LogP contribution in [0.15, 0.2) is 6.07 Å².